The summed E-state index contributed by atoms with van der Waals surface area (Å²) in [5.74, 6) is -2.14. The number of carboxylic acid groups (broad SMARTS) is 1. The molecule has 0 bridgehead atoms. The summed E-state index contributed by atoms with van der Waals surface area (Å²) in [7, 11) is 1.40. The van der Waals surface area contributed by atoms with E-state index in [0.29, 0.717) is 12.8 Å². The maximum atomic E-state index is 12.9. The summed E-state index contributed by atoms with van der Waals surface area (Å²) in [6, 6.07) is 14.7. The molecule has 3 N–H and O–H groups in total. The highest BCUT2D eigenvalue weighted by molar-refractivity contribution is 5.86. The zero-order valence-corrected chi connectivity index (χ0v) is 20.0. The second-order valence-electron chi connectivity index (χ2n) is 9.23. The Kier molecular flexibility index (Phi) is 7.70. The zero-order chi connectivity index (χ0) is 24.9. The van der Waals surface area contributed by atoms with E-state index in [4.69, 9.17) is 9.47 Å². The van der Waals surface area contributed by atoms with E-state index in [-0.39, 0.29) is 12.5 Å². The summed E-state index contributed by atoms with van der Waals surface area (Å²) >= 11 is 0. The Bertz CT molecular complexity index is 1040. The molecule has 0 radical (unpaired) electrons. The van der Waals surface area contributed by atoms with E-state index >= 15 is 0 Å². The van der Waals surface area contributed by atoms with E-state index in [1.165, 1.54) is 7.11 Å². The van der Waals surface area contributed by atoms with E-state index in [0.717, 1.165) is 35.1 Å². The third kappa shape index (κ3) is 5.32. The van der Waals surface area contributed by atoms with E-state index < -0.39 is 42.1 Å². The highest BCUT2D eigenvalue weighted by atomic mass is 16.5. The molecule has 2 aromatic rings. The molecule has 2 amide bonds. The lowest BCUT2D eigenvalue weighted by atomic mass is 9.83. The summed E-state index contributed by atoms with van der Waals surface area (Å²) in [4.78, 5) is 37.3. The first kappa shape index (κ1) is 24.7. The fourth-order valence-corrected chi connectivity index (χ4v) is 5.19. The Morgan fingerprint density at radius 2 is 1.60 bits per heavy atom. The average molecular weight is 481 g/mol. The monoisotopic (exact) mass is 480 g/mol. The van der Waals surface area contributed by atoms with Crippen LogP contribution in [0.4, 0.5) is 4.79 Å². The molecule has 0 aliphatic heterocycles. The number of hydrogen-bond donors (Lipinski definition) is 3. The predicted octanol–water partition coefficient (Wildman–Crippen LogP) is 3.69. The third-order valence-corrected chi connectivity index (χ3v) is 7.15. The van der Waals surface area contributed by atoms with Crippen LogP contribution in [0.15, 0.2) is 48.5 Å². The first-order valence-corrected chi connectivity index (χ1v) is 12.1. The van der Waals surface area contributed by atoms with Gasteiger partial charge in [-0.05, 0) is 42.0 Å². The predicted molar refractivity (Wildman–Crippen MR) is 130 cm³/mol. The normalized spacial score (nSPS) is 20.7. The Morgan fingerprint density at radius 3 is 2.20 bits per heavy atom. The van der Waals surface area contributed by atoms with Crippen molar-refractivity contribution >= 4 is 18.0 Å². The maximum Gasteiger partial charge on any atom is 0.407 e. The van der Waals surface area contributed by atoms with Crippen LogP contribution in [0, 0.1) is 5.92 Å². The number of fused-ring (bicyclic) bond motifs is 3. The van der Waals surface area contributed by atoms with Crippen molar-refractivity contribution in [2.45, 2.75) is 56.7 Å². The van der Waals surface area contributed by atoms with Gasteiger partial charge in [0.05, 0.1) is 12.0 Å². The van der Waals surface area contributed by atoms with Gasteiger partial charge in [0.1, 0.15) is 6.61 Å². The topological polar surface area (TPSA) is 114 Å². The highest BCUT2D eigenvalue weighted by Crippen LogP contribution is 2.44. The van der Waals surface area contributed by atoms with Gasteiger partial charge in [0.2, 0.25) is 5.91 Å². The Hall–Kier alpha value is -3.39. The SMILES string of the molecule is CO[C@H](C)[C@H](NC(=O)[C@@H]1CCCC[C@@H]1NC(=O)OCC1c2ccccc2-c2ccccc21)C(=O)O. The number of carbonyl (C=O) groups is 3. The summed E-state index contributed by atoms with van der Waals surface area (Å²) in [5, 5.41) is 14.9. The van der Waals surface area contributed by atoms with Crippen molar-refractivity contribution in [1.82, 2.24) is 10.6 Å². The smallest absolute Gasteiger partial charge is 0.407 e. The average Bonchev–Trinajstić information content (AvgIpc) is 3.19. The molecule has 4 rings (SSSR count). The second-order valence-corrected chi connectivity index (χ2v) is 9.23. The van der Waals surface area contributed by atoms with E-state index in [2.05, 4.69) is 34.9 Å². The quantitative estimate of drug-likeness (QED) is 0.531. The summed E-state index contributed by atoms with van der Waals surface area (Å²) in [6.07, 6.45) is 1.63. The third-order valence-electron chi connectivity index (χ3n) is 7.15. The number of carbonyl (C=O) groups excluding carboxylic acids is 2. The highest BCUT2D eigenvalue weighted by Gasteiger charge is 2.36. The van der Waals surface area contributed by atoms with Crippen LogP contribution in [0.2, 0.25) is 0 Å². The molecule has 2 aliphatic carbocycles. The number of carboxylic acids is 1. The van der Waals surface area contributed by atoms with Crippen molar-refractivity contribution in [1.29, 1.82) is 0 Å². The molecule has 2 aromatic carbocycles. The van der Waals surface area contributed by atoms with Gasteiger partial charge in [0, 0.05) is 19.1 Å². The molecule has 2 aliphatic rings. The minimum atomic E-state index is -1.16. The maximum absolute atomic E-state index is 12.9. The number of methoxy groups -OCH3 is 1. The number of hydrogen-bond acceptors (Lipinski definition) is 5. The van der Waals surface area contributed by atoms with E-state index in [1.54, 1.807) is 6.92 Å². The zero-order valence-electron chi connectivity index (χ0n) is 20.0. The first-order chi connectivity index (χ1) is 16.9. The molecule has 0 saturated heterocycles. The summed E-state index contributed by atoms with van der Waals surface area (Å²) in [6.45, 7) is 1.78. The molecule has 0 aromatic heterocycles. The van der Waals surface area contributed by atoms with Gasteiger partial charge < -0.3 is 25.2 Å². The number of aliphatic carboxylic acids is 1. The molecule has 1 fully saturated rings. The van der Waals surface area contributed by atoms with Crippen LogP contribution in [-0.4, -0.2) is 55.0 Å². The minimum absolute atomic E-state index is 0.0505. The lowest BCUT2D eigenvalue weighted by Crippen LogP contribution is -2.54. The van der Waals surface area contributed by atoms with Crippen LogP contribution in [0.5, 0.6) is 0 Å². The molecule has 35 heavy (non-hydrogen) atoms. The minimum Gasteiger partial charge on any atom is -0.480 e. The molecule has 186 valence electrons. The van der Waals surface area contributed by atoms with Gasteiger partial charge in [-0.3, -0.25) is 4.79 Å². The fourth-order valence-electron chi connectivity index (χ4n) is 5.19. The Labute approximate surface area is 205 Å². The van der Waals surface area contributed by atoms with Crippen LogP contribution >= 0.6 is 0 Å². The van der Waals surface area contributed by atoms with Gasteiger partial charge in [0.15, 0.2) is 6.04 Å². The van der Waals surface area contributed by atoms with E-state index in [1.807, 2.05) is 24.3 Å². The van der Waals surface area contributed by atoms with Crippen LogP contribution in [-0.2, 0) is 19.1 Å². The van der Waals surface area contributed by atoms with Crippen LogP contribution in [0.25, 0.3) is 11.1 Å². The van der Waals surface area contributed by atoms with Crippen molar-refractivity contribution in [3.63, 3.8) is 0 Å². The molecular weight excluding hydrogens is 448 g/mol. The molecule has 8 heteroatoms. The van der Waals surface area contributed by atoms with Crippen molar-refractivity contribution in [3.8, 4) is 11.1 Å². The van der Waals surface area contributed by atoms with Crippen molar-refractivity contribution in [2.24, 2.45) is 5.92 Å². The molecule has 8 nitrogen and oxygen atoms in total. The number of amides is 2. The molecule has 1 saturated carbocycles. The molecule has 0 heterocycles. The van der Waals surface area contributed by atoms with Crippen LogP contribution < -0.4 is 10.6 Å². The number of rotatable bonds is 8. The van der Waals surface area contributed by atoms with Crippen molar-refractivity contribution in [3.05, 3.63) is 59.7 Å². The molecular formula is C27H32N2O6. The summed E-state index contributed by atoms with van der Waals surface area (Å²) < 4.78 is 10.7. The Balaban J connectivity index is 1.39. The fraction of sp³-hybridized carbons (Fsp3) is 0.444. The van der Waals surface area contributed by atoms with Gasteiger partial charge in [0.25, 0.3) is 0 Å². The largest absolute Gasteiger partial charge is 0.480 e. The molecule has 0 unspecified atom stereocenters. The molecule has 0 spiro atoms. The van der Waals surface area contributed by atoms with Crippen LogP contribution in [0.1, 0.15) is 49.7 Å². The van der Waals surface area contributed by atoms with Crippen molar-refractivity contribution in [2.75, 3.05) is 13.7 Å². The van der Waals surface area contributed by atoms with Gasteiger partial charge >= 0.3 is 12.1 Å². The van der Waals surface area contributed by atoms with Crippen LogP contribution in [0.3, 0.4) is 0 Å². The number of nitrogens with one attached hydrogen (secondary N) is 2. The standard InChI is InChI=1S/C27H32N2O6/c1-16(34-2)24(26(31)32)29-25(30)21-13-7-8-14-23(21)28-27(33)35-15-22-19-11-5-3-9-17(19)18-10-4-6-12-20(18)22/h3-6,9-12,16,21-24H,7-8,13-15H2,1-2H3,(H,28,33)(H,29,30)(H,31,32)/t16-,21-,23+,24+/m1/s1. The second kappa shape index (κ2) is 10.9. The number of ether oxygens (including phenoxy) is 2. The van der Waals surface area contributed by atoms with Gasteiger partial charge in [-0.15, -0.1) is 0 Å². The number of benzene rings is 2. The lowest BCUT2D eigenvalue weighted by Gasteiger charge is -2.32. The van der Waals surface area contributed by atoms with E-state index in [9.17, 15) is 19.5 Å². The van der Waals surface area contributed by atoms with Gasteiger partial charge in [-0.25, -0.2) is 9.59 Å². The number of alkyl carbamates (subject to hydrolysis) is 1. The lowest BCUT2D eigenvalue weighted by molar-refractivity contribution is -0.146. The summed E-state index contributed by atoms with van der Waals surface area (Å²) in [5.41, 5.74) is 4.56. The van der Waals surface area contributed by atoms with Gasteiger partial charge in [-0.2, -0.15) is 0 Å². The molecule has 4 atom stereocenters. The first-order valence-electron chi connectivity index (χ1n) is 12.1. The van der Waals surface area contributed by atoms with Crippen molar-refractivity contribution < 1.29 is 29.0 Å². The van der Waals surface area contributed by atoms with Gasteiger partial charge in [-0.1, -0.05) is 61.4 Å². The Morgan fingerprint density at radius 1 is 1.00 bits per heavy atom.